The molecule has 0 spiro atoms. The third kappa shape index (κ3) is 2.18. The van der Waals surface area contributed by atoms with E-state index in [9.17, 15) is 0 Å². The molecule has 0 radical (unpaired) electrons. The van der Waals surface area contributed by atoms with Gasteiger partial charge in [0.2, 0.25) is 0 Å². The summed E-state index contributed by atoms with van der Waals surface area (Å²) in [7, 11) is 0. The predicted octanol–water partition coefficient (Wildman–Crippen LogP) is 2.51. The first-order valence-corrected chi connectivity index (χ1v) is 5.88. The van der Waals surface area contributed by atoms with Crippen molar-refractivity contribution >= 4 is 10.8 Å². The molecule has 0 N–H and O–H groups in total. The monoisotopic (exact) mass is 239 g/mol. The van der Waals surface area contributed by atoms with Crippen molar-refractivity contribution in [2.75, 3.05) is 6.61 Å². The second-order valence-corrected chi connectivity index (χ2v) is 3.99. The second-order valence-electron chi connectivity index (χ2n) is 3.99. The van der Waals surface area contributed by atoms with Crippen LogP contribution >= 0.6 is 0 Å². The summed E-state index contributed by atoms with van der Waals surface area (Å²) in [4.78, 5) is 0. The lowest BCUT2D eigenvalue weighted by Crippen LogP contribution is -2.08. The molecular weight excluding hydrogens is 226 g/mol. The number of rotatable bonds is 4. The summed E-state index contributed by atoms with van der Waals surface area (Å²) in [5, 5.41) is 9.98. The molecule has 0 aliphatic rings. The minimum absolute atomic E-state index is 0.581. The summed E-state index contributed by atoms with van der Waals surface area (Å²) in [6.07, 6.45) is 3.49. The maximum atomic E-state index is 5.80. The average Bonchev–Trinajstić information content (AvgIpc) is 2.92. The third-order valence-corrected chi connectivity index (χ3v) is 2.80. The minimum atomic E-state index is 0.581. The molecule has 0 bridgehead atoms. The Balaban J connectivity index is 1.74. The van der Waals surface area contributed by atoms with Crippen LogP contribution in [0.25, 0.3) is 10.8 Å². The van der Waals surface area contributed by atoms with Crippen LogP contribution < -0.4 is 4.74 Å². The van der Waals surface area contributed by atoms with Crippen LogP contribution in [0.2, 0.25) is 0 Å². The number of nitrogens with zero attached hydrogens (tertiary/aromatic N) is 3. The van der Waals surface area contributed by atoms with Crippen LogP contribution in [0.15, 0.2) is 54.9 Å². The minimum Gasteiger partial charge on any atom is -0.491 e. The highest BCUT2D eigenvalue weighted by Gasteiger charge is 2.01. The van der Waals surface area contributed by atoms with E-state index in [2.05, 4.69) is 28.5 Å². The van der Waals surface area contributed by atoms with Gasteiger partial charge >= 0.3 is 0 Å². The molecule has 4 heteroatoms. The Morgan fingerprint density at radius 3 is 2.83 bits per heavy atom. The van der Waals surface area contributed by atoms with Crippen molar-refractivity contribution in [1.82, 2.24) is 15.0 Å². The Morgan fingerprint density at radius 1 is 1.06 bits per heavy atom. The number of ether oxygens (including phenoxy) is 1. The molecule has 0 fully saturated rings. The molecule has 0 saturated heterocycles. The molecule has 3 rings (SSSR count). The lowest BCUT2D eigenvalue weighted by atomic mass is 10.1. The van der Waals surface area contributed by atoms with E-state index in [1.807, 2.05) is 30.5 Å². The van der Waals surface area contributed by atoms with Gasteiger partial charge < -0.3 is 4.74 Å². The second kappa shape index (κ2) is 4.87. The van der Waals surface area contributed by atoms with E-state index in [1.54, 1.807) is 10.9 Å². The van der Waals surface area contributed by atoms with E-state index < -0.39 is 0 Å². The van der Waals surface area contributed by atoms with Crippen LogP contribution in [0.5, 0.6) is 5.75 Å². The summed E-state index contributed by atoms with van der Waals surface area (Å²) >= 11 is 0. The molecule has 3 aromatic rings. The Bertz CT molecular complexity index is 629. The van der Waals surface area contributed by atoms with Gasteiger partial charge in [0.1, 0.15) is 12.4 Å². The van der Waals surface area contributed by atoms with E-state index in [0.29, 0.717) is 13.2 Å². The zero-order valence-corrected chi connectivity index (χ0v) is 9.86. The molecule has 0 unspecified atom stereocenters. The van der Waals surface area contributed by atoms with Crippen molar-refractivity contribution < 1.29 is 4.74 Å². The summed E-state index contributed by atoms with van der Waals surface area (Å²) in [6.45, 7) is 1.28. The number of hydrogen-bond donors (Lipinski definition) is 0. The first-order chi connectivity index (χ1) is 8.93. The Hall–Kier alpha value is -2.36. The molecule has 2 aromatic carbocycles. The van der Waals surface area contributed by atoms with Gasteiger partial charge in [0, 0.05) is 11.6 Å². The molecule has 1 aromatic heterocycles. The van der Waals surface area contributed by atoms with Crippen molar-refractivity contribution in [3.63, 3.8) is 0 Å². The fourth-order valence-electron chi connectivity index (χ4n) is 1.92. The standard InChI is InChI=1S/C14H13N3O/c1-2-6-13-12(4-1)5-3-7-14(13)18-11-10-17-9-8-15-16-17/h1-9H,10-11H2. The molecule has 0 saturated carbocycles. The van der Waals surface area contributed by atoms with Crippen LogP contribution in [0.3, 0.4) is 0 Å². The predicted molar refractivity (Wildman–Crippen MR) is 69.5 cm³/mol. The Labute approximate surface area is 105 Å². The van der Waals surface area contributed by atoms with Gasteiger partial charge in [-0.1, -0.05) is 41.6 Å². The van der Waals surface area contributed by atoms with Gasteiger partial charge in [0.25, 0.3) is 0 Å². The number of fused-ring (bicyclic) bond motifs is 1. The molecule has 0 atom stereocenters. The van der Waals surface area contributed by atoms with E-state index >= 15 is 0 Å². The number of aromatic nitrogens is 3. The Morgan fingerprint density at radius 2 is 1.94 bits per heavy atom. The fraction of sp³-hybridized carbons (Fsp3) is 0.143. The third-order valence-electron chi connectivity index (χ3n) is 2.80. The largest absolute Gasteiger partial charge is 0.491 e. The van der Waals surface area contributed by atoms with Gasteiger partial charge in [-0.2, -0.15) is 0 Å². The first kappa shape index (κ1) is 10.8. The molecule has 90 valence electrons. The van der Waals surface area contributed by atoms with Gasteiger partial charge in [-0.25, -0.2) is 4.68 Å². The van der Waals surface area contributed by atoms with Gasteiger partial charge in [-0.3, -0.25) is 0 Å². The number of hydrogen-bond acceptors (Lipinski definition) is 3. The highest BCUT2D eigenvalue weighted by Crippen LogP contribution is 2.24. The summed E-state index contributed by atoms with van der Waals surface area (Å²) < 4.78 is 7.56. The van der Waals surface area contributed by atoms with Crippen molar-refractivity contribution in [1.29, 1.82) is 0 Å². The fourth-order valence-corrected chi connectivity index (χ4v) is 1.92. The lowest BCUT2D eigenvalue weighted by molar-refractivity contribution is 0.293. The van der Waals surface area contributed by atoms with Crippen LogP contribution in [0.4, 0.5) is 0 Å². The lowest BCUT2D eigenvalue weighted by Gasteiger charge is -2.08. The Kier molecular flexibility index (Phi) is 2.92. The summed E-state index contributed by atoms with van der Waals surface area (Å²) in [5.41, 5.74) is 0. The van der Waals surface area contributed by atoms with Gasteiger partial charge in [0.15, 0.2) is 0 Å². The molecule has 0 amide bonds. The summed E-state index contributed by atoms with van der Waals surface area (Å²) in [5.74, 6) is 0.910. The molecule has 1 heterocycles. The summed E-state index contributed by atoms with van der Waals surface area (Å²) in [6, 6.07) is 14.3. The molecule has 0 aliphatic heterocycles. The molecule has 18 heavy (non-hydrogen) atoms. The van der Waals surface area contributed by atoms with Crippen LogP contribution in [-0.4, -0.2) is 21.6 Å². The highest BCUT2D eigenvalue weighted by molar-refractivity contribution is 5.88. The normalized spacial score (nSPS) is 10.7. The van der Waals surface area contributed by atoms with Gasteiger partial charge in [-0.05, 0) is 11.5 Å². The average molecular weight is 239 g/mol. The SMILES string of the molecule is c1ccc2c(OCCn3ccnn3)cccc2c1. The van der Waals surface area contributed by atoms with Gasteiger partial charge in [-0.15, -0.1) is 5.10 Å². The maximum Gasteiger partial charge on any atom is 0.127 e. The van der Waals surface area contributed by atoms with Gasteiger partial charge in [0.05, 0.1) is 12.7 Å². The zero-order chi connectivity index (χ0) is 12.2. The number of benzene rings is 2. The topological polar surface area (TPSA) is 39.9 Å². The zero-order valence-electron chi connectivity index (χ0n) is 9.86. The maximum absolute atomic E-state index is 5.80. The smallest absolute Gasteiger partial charge is 0.127 e. The highest BCUT2D eigenvalue weighted by atomic mass is 16.5. The molecular formula is C14H13N3O. The van der Waals surface area contributed by atoms with Crippen LogP contribution in [0, 0.1) is 0 Å². The van der Waals surface area contributed by atoms with Crippen molar-refractivity contribution in [3.8, 4) is 5.75 Å². The molecule has 4 nitrogen and oxygen atoms in total. The van der Waals surface area contributed by atoms with E-state index in [1.165, 1.54) is 5.39 Å². The van der Waals surface area contributed by atoms with E-state index in [4.69, 9.17) is 4.74 Å². The quantitative estimate of drug-likeness (QED) is 0.702. The van der Waals surface area contributed by atoms with E-state index in [-0.39, 0.29) is 0 Å². The van der Waals surface area contributed by atoms with Crippen molar-refractivity contribution in [3.05, 3.63) is 54.9 Å². The van der Waals surface area contributed by atoms with E-state index in [0.717, 1.165) is 11.1 Å². The first-order valence-electron chi connectivity index (χ1n) is 5.88. The van der Waals surface area contributed by atoms with Crippen molar-refractivity contribution in [2.24, 2.45) is 0 Å². The van der Waals surface area contributed by atoms with Crippen LogP contribution in [0.1, 0.15) is 0 Å². The molecule has 0 aliphatic carbocycles. The van der Waals surface area contributed by atoms with Crippen molar-refractivity contribution in [2.45, 2.75) is 6.54 Å². The van der Waals surface area contributed by atoms with Crippen LogP contribution in [-0.2, 0) is 6.54 Å².